The molecule has 0 bridgehead atoms. The van der Waals surface area contributed by atoms with Gasteiger partial charge in [0.05, 0.1) is 0 Å². The van der Waals surface area contributed by atoms with Gasteiger partial charge in [0.15, 0.2) is 0 Å². The summed E-state index contributed by atoms with van der Waals surface area (Å²) in [6.45, 7) is 0.291. The molecule has 3 heteroatoms. The lowest BCUT2D eigenvalue weighted by Crippen LogP contribution is -2.21. The van der Waals surface area contributed by atoms with Crippen molar-refractivity contribution in [3.63, 3.8) is 0 Å². The first-order valence-electron chi connectivity index (χ1n) is 3.17. The highest BCUT2D eigenvalue weighted by Crippen LogP contribution is 2.36. The Labute approximate surface area is 61.8 Å². The minimum atomic E-state index is 0. The third kappa shape index (κ3) is 3.04. The van der Waals surface area contributed by atoms with Crippen LogP contribution >= 0.6 is 12.4 Å². The Hall–Kier alpha value is 0.210. The molecule has 56 valence electrons. The number of halogens is 1. The van der Waals surface area contributed by atoms with Crippen molar-refractivity contribution in [1.82, 2.24) is 0 Å². The molecule has 1 rings (SSSR count). The van der Waals surface area contributed by atoms with E-state index in [-0.39, 0.29) is 17.9 Å². The summed E-state index contributed by atoms with van der Waals surface area (Å²) in [5.74, 6) is 0. The second-order valence-corrected chi connectivity index (χ2v) is 2.69. The van der Waals surface area contributed by atoms with Crippen molar-refractivity contribution in [2.45, 2.75) is 31.2 Å². The Kier molecular flexibility index (Phi) is 3.48. The number of aliphatic hydroxyl groups is 1. The monoisotopic (exact) mass is 151 g/mol. The average Bonchev–Trinajstić information content (AvgIpc) is 2.45. The van der Waals surface area contributed by atoms with Gasteiger partial charge in [-0.25, -0.2) is 0 Å². The Bertz CT molecular complexity index is 83.1. The highest BCUT2D eigenvalue weighted by Gasteiger charge is 2.36. The average molecular weight is 152 g/mol. The van der Waals surface area contributed by atoms with Gasteiger partial charge in [0, 0.05) is 12.1 Å². The minimum Gasteiger partial charge on any atom is -0.396 e. The summed E-state index contributed by atoms with van der Waals surface area (Å²) in [6.07, 6.45) is 4.19. The van der Waals surface area contributed by atoms with Crippen molar-refractivity contribution in [3.8, 4) is 0 Å². The lowest BCUT2D eigenvalue weighted by Gasteiger charge is -2.03. The topological polar surface area (TPSA) is 46.2 Å². The van der Waals surface area contributed by atoms with Crippen molar-refractivity contribution in [3.05, 3.63) is 0 Å². The lowest BCUT2D eigenvalue weighted by molar-refractivity contribution is 0.278. The van der Waals surface area contributed by atoms with Crippen LogP contribution in [0.4, 0.5) is 0 Å². The molecule has 9 heavy (non-hydrogen) atoms. The molecule has 0 amide bonds. The van der Waals surface area contributed by atoms with Gasteiger partial charge in [0.25, 0.3) is 0 Å². The molecule has 1 aliphatic carbocycles. The van der Waals surface area contributed by atoms with E-state index in [2.05, 4.69) is 0 Å². The minimum absolute atomic E-state index is 0. The molecule has 0 unspecified atom stereocenters. The van der Waals surface area contributed by atoms with E-state index in [4.69, 9.17) is 10.8 Å². The van der Waals surface area contributed by atoms with Gasteiger partial charge in [-0.05, 0) is 25.7 Å². The van der Waals surface area contributed by atoms with Gasteiger partial charge in [-0.1, -0.05) is 0 Å². The lowest BCUT2D eigenvalue weighted by atomic mass is 10.1. The molecule has 0 heterocycles. The number of nitrogens with two attached hydrogens (primary N) is 1. The molecule has 0 atom stereocenters. The zero-order valence-electron chi connectivity index (χ0n) is 5.47. The Morgan fingerprint density at radius 1 is 1.44 bits per heavy atom. The van der Waals surface area contributed by atoms with Crippen LogP contribution in [0, 0.1) is 0 Å². The Morgan fingerprint density at radius 2 is 2.00 bits per heavy atom. The van der Waals surface area contributed by atoms with Crippen LogP contribution in [-0.4, -0.2) is 17.3 Å². The third-order valence-corrected chi connectivity index (χ3v) is 1.73. The molecule has 3 N–H and O–H groups in total. The molecular formula is C6H14ClNO. The molecule has 0 radical (unpaired) electrons. The van der Waals surface area contributed by atoms with Crippen molar-refractivity contribution >= 4 is 12.4 Å². The van der Waals surface area contributed by atoms with E-state index in [0.29, 0.717) is 6.61 Å². The zero-order chi connectivity index (χ0) is 6.04. The van der Waals surface area contributed by atoms with E-state index in [1.165, 1.54) is 0 Å². The van der Waals surface area contributed by atoms with Crippen LogP contribution in [0.1, 0.15) is 25.7 Å². The second kappa shape index (κ2) is 3.40. The maximum atomic E-state index is 8.40. The maximum absolute atomic E-state index is 8.40. The largest absolute Gasteiger partial charge is 0.396 e. The second-order valence-electron chi connectivity index (χ2n) is 2.69. The summed E-state index contributed by atoms with van der Waals surface area (Å²) in [5, 5.41) is 8.40. The van der Waals surface area contributed by atoms with Gasteiger partial charge in [-0.15, -0.1) is 12.4 Å². The first-order chi connectivity index (χ1) is 3.77. The van der Waals surface area contributed by atoms with Crippen LogP contribution in [0.2, 0.25) is 0 Å². The molecule has 1 saturated carbocycles. The fourth-order valence-electron chi connectivity index (χ4n) is 0.842. The van der Waals surface area contributed by atoms with Gasteiger partial charge in [0.1, 0.15) is 0 Å². The molecule has 0 aliphatic heterocycles. The predicted molar refractivity (Wildman–Crippen MR) is 39.7 cm³/mol. The quantitative estimate of drug-likeness (QED) is 0.623. The van der Waals surface area contributed by atoms with Gasteiger partial charge < -0.3 is 10.8 Å². The van der Waals surface area contributed by atoms with E-state index in [1.807, 2.05) is 0 Å². The fraction of sp³-hybridized carbons (Fsp3) is 1.00. The standard InChI is InChI=1S/C6H13NO.ClH/c7-6(3-4-6)2-1-5-8;/h8H,1-5,7H2;1H. The molecule has 1 aliphatic rings. The molecule has 0 aromatic heterocycles. The highest BCUT2D eigenvalue weighted by molar-refractivity contribution is 5.85. The van der Waals surface area contributed by atoms with Crippen molar-refractivity contribution in [2.24, 2.45) is 5.73 Å². The number of hydrogen-bond donors (Lipinski definition) is 2. The summed E-state index contributed by atoms with van der Waals surface area (Å²) in [4.78, 5) is 0. The third-order valence-electron chi connectivity index (χ3n) is 1.73. The van der Waals surface area contributed by atoms with Crippen LogP contribution in [-0.2, 0) is 0 Å². The van der Waals surface area contributed by atoms with E-state index >= 15 is 0 Å². The molecule has 1 fully saturated rings. The SMILES string of the molecule is Cl.NC1(CCCO)CC1. The maximum Gasteiger partial charge on any atom is 0.0431 e. The van der Waals surface area contributed by atoms with Crippen LogP contribution in [0.3, 0.4) is 0 Å². The van der Waals surface area contributed by atoms with Crippen molar-refractivity contribution in [2.75, 3.05) is 6.61 Å². The Morgan fingerprint density at radius 3 is 2.33 bits per heavy atom. The molecular weight excluding hydrogens is 138 g/mol. The first kappa shape index (κ1) is 9.21. The zero-order valence-corrected chi connectivity index (χ0v) is 6.28. The van der Waals surface area contributed by atoms with Gasteiger partial charge in [0.2, 0.25) is 0 Å². The summed E-state index contributed by atoms with van der Waals surface area (Å²) >= 11 is 0. The molecule has 2 nitrogen and oxygen atoms in total. The van der Waals surface area contributed by atoms with Gasteiger partial charge in [-0.3, -0.25) is 0 Å². The number of rotatable bonds is 3. The predicted octanol–water partition coefficient (Wildman–Crippen LogP) is 0.672. The smallest absolute Gasteiger partial charge is 0.0431 e. The van der Waals surface area contributed by atoms with Gasteiger partial charge >= 0.3 is 0 Å². The Balaban J connectivity index is 0.000000640. The fourth-order valence-corrected chi connectivity index (χ4v) is 0.842. The van der Waals surface area contributed by atoms with Crippen LogP contribution in [0.15, 0.2) is 0 Å². The first-order valence-corrected chi connectivity index (χ1v) is 3.17. The normalized spacial score (nSPS) is 20.7. The summed E-state index contributed by atoms with van der Waals surface area (Å²) in [6, 6.07) is 0. The van der Waals surface area contributed by atoms with Gasteiger partial charge in [-0.2, -0.15) is 0 Å². The highest BCUT2D eigenvalue weighted by atomic mass is 35.5. The van der Waals surface area contributed by atoms with E-state index < -0.39 is 0 Å². The number of aliphatic hydroxyl groups excluding tert-OH is 1. The summed E-state index contributed by atoms with van der Waals surface area (Å²) in [7, 11) is 0. The van der Waals surface area contributed by atoms with E-state index in [1.54, 1.807) is 0 Å². The molecule has 0 aromatic carbocycles. The van der Waals surface area contributed by atoms with Crippen LogP contribution < -0.4 is 5.73 Å². The van der Waals surface area contributed by atoms with Crippen molar-refractivity contribution in [1.29, 1.82) is 0 Å². The van der Waals surface area contributed by atoms with E-state index in [0.717, 1.165) is 25.7 Å². The van der Waals surface area contributed by atoms with Crippen LogP contribution in [0.25, 0.3) is 0 Å². The summed E-state index contributed by atoms with van der Waals surface area (Å²) < 4.78 is 0. The number of hydrogen-bond acceptors (Lipinski definition) is 2. The summed E-state index contributed by atoms with van der Waals surface area (Å²) in [5.41, 5.74) is 5.86. The molecule has 0 saturated heterocycles. The van der Waals surface area contributed by atoms with Crippen molar-refractivity contribution < 1.29 is 5.11 Å². The molecule has 0 spiro atoms. The van der Waals surface area contributed by atoms with E-state index in [9.17, 15) is 0 Å². The molecule has 0 aromatic rings. The van der Waals surface area contributed by atoms with Crippen LogP contribution in [0.5, 0.6) is 0 Å².